The Labute approximate surface area is 199 Å². The Morgan fingerprint density at radius 2 is 1.84 bits per heavy atom. The van der Waals surface area contributed by atoms with E-state index in [2.05, 4.69) is 60.6 Å². The number of allylic oxidation sites excluding steroid dienone is 2. The van der Waals surface area contributed by atoms with Crippen LogP contribution in [-0.2, 0) is 6.54 Å². The lowest BCUT2D eigenvalue weighted by atomic mass is 9.95. The van der Waals surface area contributed by atoms with Gasteiger partial charge in [-0.05, 0) is 41.0 Å². The second kappa shape index (κ2) is 12.0. The Morgan fingerprint density at radius 1 is 1.13 bits per heavy atom. The average Bonchev–Trinajstić information content (AvgIpc) is 3.20. The topological polar surface area (TPSA) is 36.4 Å². The van der Waals surface area contributed by atoms with Gasteiger partial charge < -0.3 is 10.6 Å². The van der Waals surface area contributed by atoms with Crippen LogP contribution in [0.3, 0.4) is 0 Å². The maximum atomic E-state index is 13.4. The lowest BCUT2D eigenvalue weighted by Crippen LogP contribution is -2.30. The van der Waals surface area contributed by atoms with Crippen LogP contribution in [0.5, 0.6) is 0 Å². The van der Waals surface area contributed by atoms with E-state index in [0.29, 0.717) is 11.5 Å². The highest BCUT2D eigenvalue weighted by atomic mass is 79.9. The Morgan fingerprint density at radius 3 is 2.48 bits per heavy atom. The summed E-state index contributed by atoms with van der Waals surface area (Å²) in [6.07, 6.45) is 3.51. The molecule has 0 aliphatic carbocycles. The first-order valence-corrected chi connectivity index (χ1v) is 11.4. The third-order valence-corrected chi connectivity index (χ3v) is 6.00. The van der Waals surface area contributed by atoms with E-state index in [1.165, 1.54) is 6.07 Å². The fraction of sp³-hybridized carbons (Fsp3) is 0.208. The number of aliphatic imine (C=N–C) groups is 1. The summed E-state index contributed by atoms with van der Waals surface area (Å²) in [4.78, 5) is 4.50. The Balaban J connectivity index is 0.00000166. The monoisotopic (exact) mass is 551 g/mol. The summed E-state index contributed by atoms with van der Waals surface area (Å²) in [6.45, 7) is 12.1. The standard InChI is InChI=1S/C22H19Br2F2N3.C2H6/c1-3-6-16(23)13(2)20-21(15-7-4-5-8-17(15)24)29-22(28-20)27-12-14-9-10-18(25)19(26)11-14;1-2/h3-11,20-21H,1-2,12H2,(H2,27,28,29);1-2H3/b16-6+;/t20-,21+;/m1./s1. The Bertz CT molecular complexity index is 1000. The van der Waals surface area contributed by atoms with Gasteiger partial charge in [0, 0.05) is 8.96 Å². The van der Waals surface area contributed by atoms with Crippen molar-refractivity contribution in [2.45, 2.75) is 32.5 Å². The van der Waals surface area contributed by atoms with E-state index in [9.17, 15) is 8.78 Å². The smallest absolute Gasteiger partial charge is 0.192 e. The quantitative estimate of drug-likeness (QED) is 0.381. The van der Waals surface area contributed by atoms with Gasteiger partial charge in [0.05, 0.1) is 18.6 Å². The first kappa shape index (κ1) is 25.0. The van der Waals surface area contributed by atoms with Crippen molar-refractivity contribution in [3.8, 4) is 0 Å². The van der Waals surface area contributed by atoms with Crippen molar-refractivity contribution in [3.05, 3.63) is 105 Å². The number of nitrogens with one attached hydrogen (secondary N) is 2. The molecule has 0 radical (unpaired) electrons. The number of hydrogen-bond donors (Lipinski definition) is 2. The van der Waals surface area contributed by atoms with Gasteiger partial charge in [0.1, 0.15) is 0 Å². The summed E-state index contributed by atoms with van der Waals surface area (Å²) in [5.74, 6) is -1.20. The molecule has 0 aromatic heterocycles. The molecule has 0 bridgehead atoms. The van der Waals surface area contributed by atoms with Crippen molar-refractivity contribution in [2.24, 2.45) is 4.99 Å². The highest BCUT2D eigenvalue weighted by Gasteiger charge is 2.35. The summed E-state index contributed by atoms with van der Waals surface area (Å²) in [5.41, 5.74) is 2.45. The molecule has 3 rings (SSSR count). The number of benzene rings is 2. The first-order chi connectivity index (χ1) is 14.9. The zero-order chi connectivity index (χ0) is 23.0. The molecule has 31 heavy (non-hydrogen) atoms. The molecule has 2 aromatic carbocycles. The fourth-order valence-corrected chi connectivity index (χ4v) is 4.00. The second-order valence-corrected chi connectivity index (χ2v) is 8.16. The number of rotatable bonds is 6. The summed E-state index contributed by atoms with van der Waals surface area (Å²) < 4.78 is 28.4. The Kier molecular flexibility index (Phi) is 9.65. The molecule has 0 unspecified atom stereocenters. The van der Waals surface area contributed by atoms with Crippen LogP contribution in [-0.4, -0.2) is 12.0 Å². The maximum absolute atomic E-state index is 13.4. The first-order valence-electron chi connectivity index (χ1n) is 9.84. The second-order valence-electron chi connectivity index (χ2n) is 6.45. The van der Waals surface area contributed by atoms with E-state index in [1.807, 2.05) is 44.2 Å². The molecule has 2 atom stereocenters. The van der Waals surface area contributed by atoms with Crippen molar-refractivity contribution in [3.63, 3.8) is 0 Å². The summed E-state index contributed by atoms with van der Waals surface area (Å²) >= 11 is 7.14. The normalized spacial score (nSPS) is 19.2. The molecular weight excluding hydrogens is 528 g/mol. The van der Waals surface area contributed by atoms with E-state index in [4.69, 9.17) is 0 Å². The largest absolute Gasteiger partial charge is 0.347 e. The molecular formula is C24H25Br2F2N3. The number of nitrogens with zero attached hydrogens (tertiary/aromatic N) is 1. The highest BCUT2D eigenvalue weighted by molar-refractivity contribution is 9.12. The SMILES string of the molecule is C=C/C=C(/Br)C(=C)[C@H]1NC(=NCc2ccc(F)c(F)c2)N[C@H]1c1ccccc1Br.CC. The lowest BCUT2D eigenvalue weighted by Gasteiger charge is -2.22. The fourth-order valence-electron chi connectivity index (χ4n) is 3.03. The minimum Gasteiger partial charge on any atom is -0.347 e. The van der Waals surface area contributed by atoms with Gasteiger partial charge in [-0.25, -0.2) is 13.8 Å². The van der Waals surface area contributed by atoms with Gasteiger partial charge in [-0.3, -0.25) is 0 Å². The molecule has 1 aliphatic heterocycles. The van der Waals surface area contributed by atoms with Crippen molar-refractivity contribution in [1.82, 2.24) is 10.6 Å². The zero-order valence-electron chi connectivity index (χ0n) is 17.4. The van der Waals surface area contributed by atoms with Gasteiger partial charge in [0.2, 0.25) is 0 Å². The number of halogens is 4. The van der Waals surface area contributed by atoms with Crippen molar-refractivity contribution in [2.75, 3.05) is 0 Å². The van der Waals surface area contributed by atoms with E-state index in [0.717, 1.165) is 32.2 Å². The average molecular weight is 553 g/mol. The summed E-state index contributed by atoms with van der Waals surface area (Å²) in [5, 5.41) is 6.73. The van der Waals surface area contributed by atoms with Crippen LogP contribution in [0, 0.1) is 11.6 Å². The van der Waals surface area contributed by atoms with Gasteiger partial charge in [-0.2, -0.15) is 0 Å². The maximum Gasteiger partial charge on any atom is 0.192 e. The van der Waals surface area contributed by atoms with Gasteiger partial charge in [0.25, 0.3) is 0 Å². The molecule has 164 valence electrons. The predicted molar refractivity (Wildman–Crippen MR) is 132 cm³/mol. The van der Waals surface area contributed by atoms with E-state index in [1.54, 1.807) is 6.08 Å². The van der Waals surface area contributed by atoms with Crippen LogP contribution in [0.2, 0.25) is 0 Å². The molecule has 0 spiro atoms. The minimum atomic E-state index is -0.883. The predicted octanol–water partition coefficient (Wildman–Crippen LogP) is 6.93. The van der Waals surface area contributed by atoms with Crippen molar-refractivity contribution >= 4 is 37.8 Å². The van der Waals surface area contributed by atoms with Gasteiger partial charge in [-0.1, -0.05) is 89.2 Å². The van der Waals surface area contributed by atoms with E-state index >= 15 is 0 Å². The van der Waals surface area contributed by atoms with Crippen LogP contribution in [0.1, 0.15) is 31.0 Å². The molecule has 1 aliphatic rings. The third kappa shape index (κ3) is 6.37. The minimum absolute atomic E-state index is 0.132. The molecule has 1 fully saturated rings. The number of hydrogen-bond acceptors (Lipinski definition) is 1. The highest BCUT2D eigenvalue weighted by Crippen LogP contribution is 2.34. The third-order valence-electron chi connectivity index (χ3n) is 4.51. The molecule has 0 amide bonds. The van der Waals surface area contributed by atoms with Gasteiger partial charge >= 0.3 is 0 Å². The summed E-state index contributed by atoms with van der Waals surface area (Å²) in [7, 11) is 0. The molecule has 2 N–H and O–H groups in total. The van der Waals surface area contributed by atoms with Crippen LogP contribution in [0.15, 0.2) is 87.3 Å². The van der Waals surface area contributed by atoms with E-state index < -0.39 is 11.6 Å². The lowest BCUT2D eigenvalue weighted by molar-refractivity contribution is 0.507. The zero-order valence-corrected chi connectivity index (χ0v) is 20.6. The van der Waals surface area contributed by atoms with Crippen molar-refractivity contribution < 1.29 is 8.78 Å². The molecule has 1 heterocycles. The van der Waals surface area contributed by atoms with Crippen molar-refractivity contribution in [1.29, 1.82) is 0 Å². The molecule has 1 saturated heterocycles. The van der Waals surface area contributed by atoms with E-state index in [-0.39, 0.29) is 18.6 Å². The number of guanidine groups is 1. The van der Waals surface area contributed by atoms with Gasteiger partial charge in [-0.15, -0.1) is 0 Å². The van der Waals surface area contributed by atoms with Crippen LogP contribution in [0.4, 0.5) is 8.78 Å². The van der Waals surface area contributed by atoms with Crippen LogP contribution < -0.4 is 10.6 Å². The molecule has 0 saturated carbocycles. The van der Waals surface area contributed by atoms with Crippen LogP contribution >= 0.6 is 31.9 Å². The molecule has 2 aromatic rings. The Hall–Kier alpha value is -2.25. The molecule has 7 heteroatoms. The molecule has 3 nitrogen and oxygen atoms in total. The van der Waals surface area contributed by atoms with Crippen LogP contribution in [0.25, 0.3) is 0 Å². The van der Waals surface area contributed by atoms with Gasteiger partial charge in [0.15, 0.2) is 17.6 Å². The summed E-state index contributed by atoms with van der Waals surface area (Å²) in [6, 6.07) is 11.4.